The van der Waals surface area contributed by atoms with E-state index in [4.69, 9.17) is 15.3 Å². The molecule has 3 N–H and O–H groups in total. The molecule has 5 nitrogen and oxygen atoms in total. The van der Waals surface area contributed by atoms with Gasteiger partial charge in [-0.15, -0.1) is 0 Å². The van der Waals surface area contributed by atoms with Gasteiger partial charge >= 0.3 is 0 Å². The maximum atomic E-state index is 11.5. The van der Waals surface area contributed by atoms with Gasteiger partial charge in [0.15, 0.2) is 11.5 Å². The Morgan fingerprint density at radius 3 is 2.53 bits per heavy atom. The van der Waals surface area contributed by atoms with Crippen molar-refractivity contribution in [3.63, 3.8) is 0 Å². The van der Waals surface area contributed by atoms with Crippen LogP contribution < -0.4 is 20.7 Å². The number of hydrazine groups is 1. The number of carbonyl (C=O) groups excluding carboxylic acids is 1. The summed E-state index contributed by atoms with van der Waals surface area (Å²) in [6, 6.07) is 3.74. The molecule has 5 heteroatoms. The van der Waals surface area contributed by atoms with Gasteiger partial charge in [-0.05, 0) is 37.1 Å². The Morgan fingerprint density at radius 2 is 1.94 bits per heavy atom. The number of fused-ring (bicyclic) bond motifs is 1. The van der Waals surface area contributed by atoms with Crippen LogP contribution in [0.2, 0.25) is 0 Å². The molecule has 1 aromatic carbocycles. The molecule has 0 fully saturated rings. The predicted octanol–water partition coefficient (Wildman–Crippen LogP) is 0.860. The first-order valence-electron chi connectivity index (χ1n) is 5.54. The highest BCUT2D eigenvalue weighted by atomic mass is 16.6. The number of nitrogens with one attached hydrogen (secondary N) is 1. The lowest BCUT2D eigenvalue weighted by atomic mass is 9.95. The first-order valence-corrected chi connectivity index (χ1v) is 5.54. The molecule has 17 heavy (non-hydrogen) atoms. The van der Waals surface area contributed by atoms with Crippen molar-refractivity contribution in [2.75, 3.05) is 13.2 Å². The number of hydrogen-bond acceptors (Lipinski definition) is 4. The summed E-state index contributed by atoms with van der Waals surface area (Å²) in [7, 11) is 0. The topological polar surface area (TPSA) is 73.6 Å². The average Bonchev–Trinajstić information content (AvgIpc) is 2.36. The summed E-state index contributed by atoms with van der Waals surface area (Å²) in [5.41, 5.74) is 4.05. The average molecular weight is 236 g/mol. The molecule has 1 aromatic rings. The molecule has 0 bridgehead atoms. The van der Waals surface area contributed by atoms with E-state index in [9.17, 15) is 4.79 Å². The van der Waals surface area contributed by atoms with Crippen LogP contribution in [0, 0.1) is 6.92 Å². The third-order valence-electron chi connectivity index (χ3n) is 2.93. The summed E-state index contributed by atoms with van der Waals surface area (Å²) in [6.07, 6.45) is 0. The number of carbonyl (C=O) groups is 1. The Morgan fingerprint density at radius 1 is 1.35 bits per heavy atom. The summed E-state index contributed by atoms with van der Waals surface area (Å²) < 4.78 is 11.0. The van der Waals surface area contributed by atoms with E-state index in [1.54, 1.807) is 6.92 Å². The molecule has 1 aliphatic rings. The lowest BCUT2D eigenvalue weighted by Crippen LogP contribution is -2.34. The van der Waals surface area contributed by atoms with E-state index in [0.29, 0.717) is 19.0 Å². The fraction of sp³-hybridized carbons (Fsp3) is 0.417. The lowest BCUT2D eigenvalue weighted by molar-refractivity contribution is -0.122. The van der Waals surface area contributed by atoms with E-state index in [1.165, 1.54) is 0 Å². The smallest absolute Gasteiger partial charge is 0.241 e. The Balaban J connectivity index is 2.37. The van der Waals surface area contributed by atoms with Crippen molar-refractivity contribution in [1.29, 1.82) is 0 Å². The number of nitrogens with two attached hydrogens (primary N) is 1. The van der Waals surface area contributed by atoms with Crippen LogP contribution in [0.4, 0.5) is 0 Å². The Kier molecular flexibility index (Phi) is 3.19. The van der Waals surface area contributed by atoms with Gasteiger partial charge in [0.2, 0.25) is 5.91 Å². The van der Waals surface area contributed by atoms with Gasteiger partial charge in [0.05, 0.1) is 5.92 Å². The molecule has 0 spiro atoms. The van der Waals surface area contributed by atoms with Gasteiger partial charge in [-0.1, -0.05) is 0 Å². The monoisotopic (exact) mass is 236 g/mol. The summed E-state index contributed by atoms with van der Waals surface area (Å²) in [5, 5.41) is 0. The highest BCUT2D eigenvalue weighted by molar-refractivity contribution is 5.83. The van der Waals surface area contributed by atoms with Gasteiger partial charge in [0.25, 0.3) is 0 Å². The number of hydrogen-bond donors (Lipinski definition) is 2. The molecule has 1 aliphatic heterocycles. The molecule has 0 aliphatic carbocycles. The zero-order valence-electron chi connectivity index (χ0n) is 9.95. The van der Waals surface area contributed by atoms with Crippen LogP contribution in [0.1, 0.15) is 24.0 Å². The number of benzene rings is 1. The molecule has 0 saturated heterocycles. The van der Waals surface area contributed by atoms with Crippen LogP contribution in [0.5, 0.6) is 11.5 Å². The minimum atomic E-state index is -0.309. The molecule has 0 radical (unpaired) electrons. The zero-order valence-corrected chi connectivity index (χ0v) is 9.95. The van der Waals surface area contributed by atoms with Crippen LogP contribution in [-0.2, 0) is 4.79 Å². The van der Waals surface area contributed by atoms with E-state index >= 15 is 0 Å². The molecule has 1 unspecified atom stereocenters. The third-order valence-corrected chi connectivity index (χ3v) is 2.93. The quantitative estimate of drug-likeness (QED) is 0.454. The van der Waals surface area contributed by atoms with Crippen LogP contribution >= 0.6 is 0 Å². The fourth-order valence-corrected chi connectivity index (χ4v) is 1.94. The number of amides is 1. The van der Waals surface area contributed by atoms with Crippen molar-refractivity contribution in [3.05, 3.63) is 23.3 Å². The number of rotatable bonds is 2. The van der Waals surface area contributed by atoms with Crippen molar-refractivity contribution in [2.24, 2.45) is 5.84 Å². The zero-order chi connectivity index (χ0) is 12.4. The first-order chi connectivity index (χ1) is 8.13. The SMILES string of the molecule is Cc1cc2c(cc1C(C)C(=O)NN)OCCO2. The van der Waals surface area contributed by atoms with Gasteiger partial charge in [-0.3, -0.25) is 10.2 Å². The van der Waals surface area contributed by atoms with Crippen molar-refractivity contribution in [3.8, 4) is 11.5 Å². The Bertz CT molecular complexity index is 446. The van der Waals surface area contributed by atoms with E-state index in [-0.39, 0.29) is 11.8 Å². The van der Waals surface area contributed by atoms with Crippen molar-refractivity contribution in [2.45, 2.75) is 19.8 Å². The first kappa shape index (κ1) is 11.7. The van der Waals surface area contributed by atoms with Gasteiger partial charge < -0.3 is 9.47 Å². The Labute approximate surface area is 99.9 Å². The standard InChI is InChI=1S/C12H16N2O3/c1-7-5-10-11(17-4-3-16-10)6-9(7)8(2)12(15)14-13/h5-6,8H,3-4,13H2,1-2H3,(H,14,15). The molecule has 92 valence electrons. The van der Waals surface area contributed by atoms with Gasteiger partial charge in [-0.2, -0.15) is 0 Å². The maximum absolute atomic E-state index is 11.5. The minimum Gasteiger partial charge on any atom is -0.486 e. The van der Waals surface area contributed by atoms with E-state index in [0.717, 1.165) is 16.9 Å². The molecule has 0 saturated carbocycles. The van der Waals surface area contributed by atoms with Gasteiger partial charge in [-0.25, -0.2) is 5.84 Å². The van der Waals surface area contributed by atoms with Crippen LogP contribution in [0.15, 0.2) is 12.1 Å². The van der Waals surface area contributed by atoms with Crippen LogP contribution in [0.3, 0.4) is 0 Å². The predicted molar refractivity (Wildman–Crippen MR) is 62.9 cm³/mol. The van der Waals surface area contributed by atoms with Crippen molar-refractivity contribution >= 4 is 5.91 Å². The third kappa shape index (κ3) is 2.19. The summed E-state index contributed by atoms with van der Waals surface area (Å²) in [4.78, 5) is 11.5. The molecule has 2 rings (SSSR count). The Hall–Kier alpha value is -1.75. The van der Waals surface area contributed by atoms with Gasteiger partial charge in [0, 0.05) is 0 Å². The number of ether oxygens (including phenoxy) is 2. The molecular formula is C12H16N2O3. The van der Waals surface area contributed by atoms with Crippen LogP contribution in [-0.4, -0.2) is 19.1 Å². The van der Waals surface area contributed by atoms with Crippen molar-refractivity contribution in [1.82, 2.24) is 5.43 Å². The minimum absolute atomic E-state index is 0.218. The summed E-state index contributed by atoms with van der Waals surface area (Å²) in [5.74, 6) is 6.04. The second-order valence-corrected chi connectivity index (χ2v) is 4.08. The molecule has 1 atom stereocenters. The number of aryl methyl sites for hydroxylation is 1. The lowest BCUT2D eigenvalue weighted by Gasteiger charge is -2.22. The molecule has 1 amide bonds. The molecule has 1 heterocycles. The van der Waals surface area contributed by atoms with Crippen molar-refractivity contribution < 1.29 is 14.3 Å². The van der Waals surface area contributed by atoms with E-state index in [1.807, 2.05) is 19.1 Å². The maximum Gasteiger partial charge on any atom is 0.241 e. The second-order valence-electron chi connectivity index (χ2n) is 4.08. The molecule has 0 aromatic heterocycles. The highest BCUT2D eigenvalue weighted by Gasteiger charge is 2.20. The molecular weight excluding hydrogens is 220 g/mol. The summed E-state index contributed by atoms with van der Waals surface area (Å²) >= 11 is 0. The fourth-order valence-electron chi connectivity index (χ4n) is 1.94. The van der Waals surface area contributed by atoms with E-state index < -0.39 is 0 Å². The van der Waals surface area contributed by atoms with E-state index in [2.05, 4.69) is 5.43 Å². The van der Waals surface area contributed by atoms with Crippen LogP contribution in [0.25, 0.3) is 0 Å². The highest BCUT2D eigenvalue weighted by Crippen LogP contribution is 2.35. The summed E-state index contributed by atoms with van der Waals surface area (Å²) in [6.45, 7) is 4.84. The normalized spacial score (nSPS) is 15.2. The second kappa shape index (κ2) is 4.63. The van der Waals surface area contributed by atoms with Gasteiger partial charge in [0.1, 0.15) is 13.2 Å². The largest absolute Gasteiger partial charge is 0.486 e.